The van der Waals surface area contributed by atoms with Crippen molar-refractivity contribution in [3.05, 3.63) is 34.3 Å². The first-order chi connectivity index (χ1) is 8.75. The van der Waals surface area contributed by atoms with Gasteiger partial charge in [0.05, 0.1) is 12.5 Å². The Labute approximate surface area is 116 Å². The van der Waals surface area contributed by atoms with Crippen molar-refractivity contribution in [3.8, 4) is 0 Å². The van der Waals surface area contributed by atoms with E-state index in [4.69, 9.17) is 4.74 Å². The van der Waals surface area contributed by atoms with Gasteiger partial charge in [-0.2, -0.15) is 0 Å². The molecular formula is C14H18BrNO2. The van der Waals surface area contributed by atoms with Crippen LogP contribution in [-0.4, -0.2) is 25.7 Å². The minimum Gasteiger partial charge on any atom is -0.381 e. The summed E-state index contributed by atoms with van der Waals surface area (Å²) in [4.78, 5) is 11.7. The molecule has 0 bridgehead atoms. The third-order valence-electron chi connectivity index (χ3n) is 3.13. The van der Waals surface area contributed by atoms with Gasteiger partial charge in [-0.05, 0) is 37.0 Å². The summed E-state index contributed by atoms with van der Waals surface area (Å²) in [7, 11) is 0. The van der Waals surface area contributed by atoms with Crippen molar-refractivity contribution in [1.29, 1.82) is 0 Å². The number of carbonyl (C=O) groups is 1. The molecule has 18 heavy (non-hydrogen) atoms. The molecule has 3 nitrogen and oxygen atoms in total. The summed E-state index contributed by atoms with van der Waals surface area (Å²) >= 11 is 3.46. The molecule has 1 aromatic carbocycles. The standard InChI is InChI=1S/C14H18BrNO2/c15-13-5-1-3-11(9-13)4-2-7-16-14(17)12-6-8-18-10-12/h1,3,5,9,12H,2,4,6-8,10H2,(H,16,17)/t12-/m1/s1. The fourth-order valence-corrected chi connectivity index (χ4v) is 2.53. The molecule has 1 heterocycles. The Bertz CT molecular complexity index is 403. The highest BCUT2D eigenvalue weighted by Gasteiger charge is 2.22. The quantitative estimate of drug-likeness (QED) is 0.849. The van der Waals surface area contributed by atoms with Crippen LogP contribution in [-0.2, 0) is 16.0 Å². The van der Waals surface area contributed by atoms with Gasteiger partial charge in [0, 0.05) is 17.6 Å². The smallest absolute Gasteiger partial charge is 0.225 e. The molecule has 98 valence electrons. The highest BCUT2D eigenvalue weighted by molar-refractivity contribution is 9.10. The van der Waals surface area contributed by atoms with Crippen LogP contribution < -0.4 is 5.32 Å². The van der Waals surface area contributed by atoms with Gasteiger partial charge in [0.1, 0.15) is 0 Å². The monoisotopic (exact) mass is 311 g/mol. The second kappa shape index (κ2) is 6.90. The van der Waals surface area contributed by atoms with Gasteiger partial charge in [-0.25, -0.2) is 0 Å². The lowest BCUT2D eigenvalue weighted by Crippen LogP contribution is -2.31. The van der Waals surface area contributed by atoms with E-state index in [1.807, 2.05) is 12.1 Å². The molecule has 1 fully saturated rings. The first-order valence-corrected chi connectivity index (χ1v) is 7.15. The van der Waals surface area contributed by atoms with E-state index in [-0.39, 0.29) is 11.8 Å². The second-order valence-electron chi connectivity index (χ2n) is 4.59. The number of nitrogens with one attached hydrogen (secondary N) is 1. The lowest BCUT2D eigenvalue weighted by atomic mass is 10.1. The van der Waals surface area contributed by atoms with E-state index in [9.17, 15) is 4.79 Å². The SMILES string of the molecule is O=C(NCCCc1cccc(Br)c1)[C@@H]1CCOC1. The number of benzene rings is 1. The summed E-state index contributed by atoms with van der Waals surface area (Å²) in [6.07, 6.45) is 2.81. The van der Waals surface area contributed by atoms with Crippen LogP contribution in [0.1, 0.15) is 18.4 Å². The number of hydrogen-bond donors (Lipinski definition) is 1. The normalized spacial score (nSPS) is 18.8. The maximum Gasteiger partial charge on any atom is 0.225 e. The topological polar surface area (TPSA) is 38.3 Å². The van der Waals surface area contributed by atoms with Gasteiger partial charge >= 0.3 is 0 Å². The van der Waals surface area contributed by atoms with Crippen molar-refractivity contribution in [2.45, 2.75) is 19.3 Å². The summed E-state index contributed by atoms with van der Waals surface area (Å²) in [5.41, 5.74) is 1.29. The molecule has 0 saturated carbocycles. The van der Waals surface area contributed by atoms with Gasteiger partial charge in [0.2, 0.25) is 5.91 Å². The summed E-state index contributed by atoms with van der Waals surface area (Å²) in [5, 5.41) is 2.98. The molecule has 1 aromatic rings. The largest absolute Gasteiger partial charge is 0.381 e. The van der Waals surface area contributed by atoms with E-state index in [1.54, 1.807) is 0 Å². The summed E-state index contributed by atoms with van der Waals surface area (Å²) < 4.78 is 6.30. The van der Waals surface area contributed by atoms with E-state index >= 15 is 0 Å². The fourth-order valence-electron chi connectivity index (χ4n) is 2.08. The van der Waals surface area contributed by atoms with Gasteiger partial charge in [-0.1, -0.05) is 28.1 Å². The van der Waals surface area contributed by atoms with E-state index in [2.05, 4.69) is 33.4 Å². The molecule has 1 saturated heterocycles. The molecular weight excluding hydrogens is 294 g/mol. The van der Waals surface area contributed by atoms with Gasteiger partial charge in [0.25, 0.3) is 0 Å². The van der Waals surface area contributed by atoms with Gasteiger partial charge < -0.3 is 10.1 Å². The van der Waals surface area contributed by atoms with E-state index < -0.39 is 0 Å². The molecule has 1 aliphatic rings. The number of hydrogen-bond acceptors (Lipinski definition) is 2. The molecule has 0 aliphatic carbocycles. The molecule has 2 rings (SSSR count). The Morgan fingerprint density at radius 3 is 3.11 bits per heavy atom. The third-order valence-corrected chi connectivity index (χ3v) is 3.62. The van der Waals surface area contributed by atoms with E-state index in [0.717, 1.165) is 36.9 Å². The predicted octanol–water partition coefficient (Wildman–Crippen LogP) is 2.53. The molecule has 0 radical (unpaired) electrons. The van der Waals surface area contributed by atoms with Crippen LogP contribution in [0.15, 0.2) is 28.7 Å². The van der Waals surface area contributed by atoms with Gasteiger partial charge in [-0.3, -0.25) is 4.79 Å². The molecule has 0 spiro atoms. The van der Waals surface area contributed by atoms with Crippen LogP contribution in [0.2, 0.25) is 0 Å². The van der Waals surface area contributed by atoms with Crippen LogP contribution in [0.25, 0.3) is 0 Å². The first kappa shape index (κ1) is 13.6. The Balaban J connectivity index is 1.65. The zero-order chi connectivity index (χ0) is 12.8. The molecule has 1 N–H and O–H groups in total. The number of aryl methyl sites for hydroxylation is 1. The minimum atomic E-state index is 0.0656. The average Bonchev–Trinajstić information content (AvgIpc) is 2.88. The summed E-state index contributed by atoms with van der Waals surface area (Å²) in [6.45, 7) is 2.04. The average molecular weight is 312 g/mol. The van der Waals surface area contributed by atoms with Crippen molar-refractivity contribution in [2.75, 3.05) is 19.8 Å². The Hall–Kier alpha value is -0.870. The number of rotatable bonds is 5. The maximum absolute atomic E-state index is 11.7. The number of amides is 1. The zero-order valence-electron chi connectivity index (χ0n) is 10.3. The fraction of sp³-hybridized carbons (Fsp3) is 0.500. The molecule has 1 aliphatic heterocycles. The van der Waals surface area contributed by atoms with Crippen LogP contribution in [0.3, 0.4) is 0 Å². The lowest BCUT2D eigenvalue weighted by Gasteiger charge is -2.09. The molecule has 1 amide bonds. The third kappa shape index (κ3) is 4.10. The Kier molecular flexibility index (Phi) is 5.20. The van der Waals surface area contributed by atoms with Crippen LogP contribution in [0, 0.1) is 5.92 Å². The second-order valence-corrected chi connectivity index (χ2v) is 5.50. The van der Waals surface area contributed by atoms with Crippen molar-refractivity contribution in [3.63, 3.8) is 0 Å². The van der Waals surface area contributed by atoms with Gasteiger partial charge in [0.15, 0.2) is 0 Å². The number of halogens is 1. The molecule has 4 heteroatoms. The molecule has 1 atom stereocenters. The summed E-state index contributed by atoms with van der Waals surface area (Å²) in [5.74, 6) is 0.206. The number of carbonyl (C=O) groups excluding carboxylic acids is 1. The maximum atomic E-state index is 11.7. The Morgan fingerprint density at radius 2 is 2.39 bits per heavy atom. The summed E-state index contributed by atoms with van der Waals surface area (Å²) in [6, 6.07) is 8.28. The highest BCUT2D eigenvalue weighted by atomic mass is 79.9. The van der Waals surface area contributed by atoms with Crippen molar-refractivity contribution in [2.24, 2.45) is 5.92 Å². The van der Waals surface area contributed by atoms with Crippen LogP contribution >= 0.6 is 15.9 Å². The van der Waals surface area contributed by atoms with Crippen molar-refractivity contribution in [1.82, 2.24) is 5.32 Å². The molecule has 0 unspecified atom stereocenters. The van der Waals surface area contributed by atoms with Gasteiger partial charge in [-0.15, -0.1) is 0 Å². The van der Waals surface area contributed by atoms with E-state index in [1.165, 1.54) is 5.56 Å². The minimum absolute atomic E-state index is 0.0656. The van der Waals surface area contributed by atoms with Crippen LogP contribution in [0.4, 0.5) is 0 Å². The highest BCUT2D eigenvalue weighted by Crippen LogP contribution is 2.13. The van der Waals surface area contributed by atoms with Crippen molar-refractivity contribution < 1.29 is 9.53 Å². The van der Waals surface area contributed by atoms with E-state index in [0.29, 0.717) is 6.61 Å². The molecule has 0 aromatic heterocycles. The lowest BCUT2D eigenvalue weighted by molar-refractivity contribution is -0.124. The first-order valence-electron chi connectivity index (χ1n) is 6.35. The van der Waals surface area contributed by atoms with Crippen LogP contribution in [0.5, 0.6) is 0 Å². The van der Waals surface area contributed by atoms with Crippen molar-refractivity contribution >= 4 is 21.8 Å². The zero-order valence-corrected chi connectivity index (χ0v) is 11.9. The Morgan fingerprint density at radius 1 is 1.50 bits per heavy atom. The predicted molar refractivity (Wildman–Crippen MR) is 74.4 cm³/mol. The number of ether oxygens (including phenoxy) is 1.